The van der Waals surface area contributed by atoms with Gasteiger partial charge in [-0.2, -0.15) is 0 Å². The average molecular weight is 188 g/mol. The molecule has 5 atom stereocenters. The van der Waals surface area contributed by atoms with Crippen molar-refractivity contribution < 1.29 is 0 Å². The Kier molecular flexibility index (Phi) is 1.40. The maximum Gasteiger partial charge on any atom is -0.0137 e. The highest BCUT2D eigenvalue weighted by molar-refractivity contribution is 5.38. The number of hydrogen-bond donors (Lipinski definition) is 0. The van der Waals surface area contributed by atoms with Crippen LogP contribution in [0.2, 0.25) is 0 Å². The van der Waals surface area contributed by atoms with Crippen LogP contribution in [0.4, 0.5) is 0 Å². The van der Waals surface area contributed by atoms with Crippen LogP contribution in [0.3, 0.4) is 0 Å². The van der Waals surface area contributed by atoms with Gasteiger partial charge in [0.15, 0.2) is 0 Å². The van der Waals surface area contributed by atoms with E-state index in [0.29, 0.717) is 0 Å². The second-order valence-electron chi connectivity index (χ2n) is 6.08. The molecule has 4 aliphatic rings. The van der Waals surface area contributed by atoms with E-state index >= 15 is 0 Å². The van der Waals surface area contributed by atoms with Gasteiger partial charge >= 0.3 is 0 Å². The van der Waals surface area contributed by atoms with E-state index in [1.165, 1.54) is 12.8 Å². The van der Waals surface area contributed by atoms with Crippen LogP contribution in [-0.4, -0.2) is 0 Å². The van der Waals surface area contributed by atoms with Crippen LogP contribution in [0, 0.1) is 29.6 Å². The van der Waals surface area contributed by atoms with E-state index in [4.69, 9.17) is 0 Å². The zero-order valence-corrected chi connectivity index (χ0v) is 9.13. The summed E-state index contributed by atoms with van der Waals surface area (Å²) in [4.78, 5) is 0. The van der Waals surface area contributed by atoms with Crippen molar-refractivity contribution in [2.24, 2.45) is 29.6 Å². The molecule has 3 saturated carbocycles. The molecule has 3 fully saturated rings. The van der Waals surface area contributed by atoms with Gasteiger partial charge in [-0.25, -0.2) is 0 Å². The van der Waals surface area contributed by atoms with E-state index in [0.717, 1.165) is 29.6 Å². The van der Waals surface area contributed by atoms with Crippen LogP contribution < -0.4 is 0 Å². The van der Waals surface area contributed by atoms with Crippen molar-refractivity contribution in [2.75, 3.05) is 0 Å². The van der Waals surface area contributed by atoms with Crippen molar-refractivity contribution in [2.45, 2.75) is 45.4 Å². The molecule has 76 valence electrons. The molecule has 0 aromatic heterocycles. The third-order valence-electron chi connectivity index (χ3n) is 5.71. The van der Waals surface area contributed by atoms with Crippen LogP contribution >= 0.6 is 0 Å². The molecule has 4 bridgehead atoms. The molecular formula is C14H20. The summed E-state index contributed by atoms with van der Waals surface area (Å²) in [6.45, 7) is 2.39. The fourth-order valence-electron chi connectivity index (χ4n) is 5.35. The molecular weight excluding hydrogens is 168 g/mol. The van der Waals surface area contributed by atoms with Crippen molar-refractivity contribution in [1.82, 2.24) is 0 Å². The highest BCUT2D eigenvalue weighted by Crippen LogP contribution is 2.65. The van der Waals surface area contributed by atoms with Crippen molar-refractivity contribution in [3.05, 3.63) is 11.1 Å². The zero-order valence-electron chi connectivity index (χ0n) is 9.13. The second-order valence-corrected chi connectivity index (χ2v) is 6.08. The molecule has 0 heteroatoms. The van der Waals surface area contributed by atoms with Crippen LogP contribution in [0.5, 0.6) is 0 Å². The first-order valence-corrected chi connectivity index (χ1v) is 6.61. The van der Waals surface area contributed by atoms with Crippen molar-refractivity contribution in [1.29, 1.82) is 0 Å². The first-order chi connectivity index (χ1) is 6.88. The molecule has 0 N–H and O–H groups in total. The van der Waals surface area contributed by atoms with Gasteiger partial charge in [0.1, 0.15) is 0 Å². The topological polar surface area (TPSA) is 0 Å². The van der Waals surface area contributed by atoms with Crippen molar-refractivity contribution >= 4 is 0 Å². The maximum absolute atomic E-state index is 2.39. The number of fused-ring (bicyclic) bond motifs is 8. The van der Waals surface area contributed by atoms with Crippen LogP contribution in [0.25, 0.3) is 0 Å². The highest BCUT2D eigenvalue weighted by Gasteiger charge is 2.55. The molecule has 14 heavy (non-hydrogen) atoms. The average Bonchev–Trinajstić information content (AvgIpc) is 2.94. The predicted molar refractivity (Wildman–Crippen MR) is 57.9 cm³/mol. The minimum absolute atomic E-state index is 1.02. The van der Waals surface area contributed by atoms with Crippen LogP contribution in [0.15, 0.2) is 11.1 Å². The van der Waals surface area contributed by atoms with E-state index < -0.39 is 0 Å². The molecule has 0 spiro atoms. The molecule has 0 amide bonds. The Morgan fingerprint density at radius 2 is 2.07 bits per heavy atom. The molecule has 0 heterocycles. The predicted octanol–water partition coefficient (Wildman–Crippen LogP) is 3.78. The normalized spacial score (nSPS) is 53.4. The highest BCUT2D eigenvalue weighted by atomic mass is 14.6. The molecule has 0 radical (unpaired) electrons. The number of allylic oxidation sites excluding steroid dienone is 2. The Labute approximate surface area is 86.8 Å². The summed E-state index contributed by atoms with van der Waals surface area (Å²) in [5, 5.41) is 0. The summed E-state index contributed by atoms with van der Waals surface area (Å²) in [6.07, 6.45) is 9.19. The van der Waals surface area contributed by atoms with Crippen molar-refractivity contribution in [3.8, 4) is 0 Å². The lowest BCUT2D eigenvalue weighted by molar-refractivity contribution is 0.278. The van der Waals surface area contributed by atoms with E-state index in [2.05, 4.69) is 6.92 Å². The summed E-state index contributed by atoms with van der Waals surface area (Å²) >= 11 is 0. The van der Waals surface area contributed by atoms with E-state index in [1.807, 2.05) is 11.1 Å². The molecule has 0 aromatic rings. The molecule has 4 rings (SSSR count). The lowest BCUT2D eigenvalue weighted by atomic mass is 9.74. The van der Waals surface area contributed by atoms with Gasteiger partial charge in [-0.1, -0.05) is 18.1 Å². The summed E-state index contributed by atoms with van der Waals surface area (Å²) in [5.41, 5.74) is 3.99. The standard InChI is InChI=1S/C14H20/c1-2-8-5-11-7-12(8)14-10-4-3-9(6-10)13(11)14/h8-11,13H,2-7H2,1H3. The van der Waals surface area contributed by atoms with Crippen LogP contribution in [0.1, 0.15) is 45.4 Å². The Balaban J connectivity index is 1.81. The quantitative estimate of drug-likeness (QED) is 0.549. The monoisotopic (exact) mass is 188 g/mol. The summed E-state index contributed by atoms with van der Waals surface area (Å²) in [7, 11) is 0. The summed E-state index contributed by atoms with van der Waals surface area (Å²) < 4.78 is 0. The van der Waals surface area contributed by atoms with E-state index in [9.17, 15) is 0 Å². The number of hydrogen-bond acceptors (Lipinski definition) is 0. The third kappa shape index (κ3) is 0.741. The van der Waals surface area contributed by atoms with Crippen LogP contribution in [-0.2, 0) is 0 Å². The minimum Gasteiger partial charge on any atom is -0.0670 e. The molecule has 0 aliphatic heterocycles. The maximum atomic E-state index is 2.39. The van der Waals surface area contributed by atoms with Gasteiger partial charge in [-0.15, -0.1) is 0 Å². The molecule has 5 unspecified atom stereocenters. The Morgan fingerprint density at radius 3 is 2.93 bits per heavy atom. The van der Waals surface area contributed by atoms with E-state index in [-0.39, 0.29) is 0 Å². The Bertz CT molecular complexity index is 312. The summed E-state index contributed by atoms with van der Waals surface area (Å²) in [5.74, 6) is 5.44. The summed E-state index contributed by atoms with van der Waals surface area (Å²) in [6, 6.07) is 0. The zero-order chi connectivity index (χ0) is 9.28. The fraction of sp³-hybridized carbons (Fsp3) is 0.857. The Hall–Kier alpha value is -0.260. The molecule has 0 saturated heterocycles. The van der Waals surface area contributed by atoms with Gasteiger partial charge < -0.3 is 0 Å². The molecule has 0 nitrogen and oxygen atoms in total. The second kappa shape index (κ2) is 2.46. The van der Waals surface area contributed by atoms with Gasteiger partial charge in [0.25, 0.3) is 0 Å². The molecule has 0 aromatic carbocycles. The SMILES string of the molecule is CCC1CC2CC1=C1C3CCC(C3)C12. The number of rotatable bonds is 1. The van der Waals surface area contributed by atoms with Gasteiger partial charge in [0.05, 0.1) is 0 Å². The fourth-order valence-corrected chi connectivity index (χ4v) is 5.35. The largest absolute Gasteiger partial charge is 0.0670 e. The van der Waals surface area contributed by atoms with Gasteiger partial charge in [-0.3, -0.25) is 0 Å². The van der Waals surface area contributed by atoms with Crippen molar-refractivity contribution in [3.63, 3.8) is 0 Å². The lowest BCUT2D eigenvalue weighted by Crippen LogP contribution is -2.22. The first kappa shape index (κ1) is 7.96. The lowest BCUT2D eigenvalue weighted by Gasteiger charge is -2.31. The Morgan fingerprint density at radius 1 is 1.14 bits per heavy atom. The van der Waals surface area contributed by atoms with E-state index in [1.54, 1.807) is 25.7 Å². The molecule has 4 aliphatic carbocycles. The third-order valence-corrected chi connectivity index (χ3v) is 5.71. The van der Waals surface area contributed by atoms with Gasteiger partial charge in [0, 0.05) is 0 Å². The first-order valence-electron chi connectivity index (χ1n) is 6.61. The van der Waals surface area contributed by atoms with Gasteiger partial charge in [-0.05, 0) is 68.1 Å². The smallest absolute Gasteiger partial charge is 0.0137 e. The van der Waals surface area contributed by atoms with Gasteiger partial charge in [0.2, 0.25) is 0 Å². The minimum atomic E-state index is 1.02.